The summed E-state index contributed by atoms with van der Waals surface area (Å²) in [5.74, 6) is 0.555. The lowest BCUT2D eigenvalue weighted by Gasteiger charge is -2.37. The van der Waals surface area contributed by atoms with Crippen LogP contribution in [0.1, 0.15) is 31.2 Å². The van der Waals surface area contributed by atoms with E-state index in [4.69, 9.17) is 16.6 Å². The highest BCUT2D eigenvalue weighted by atomic mass is 35.5. The van der Waals surface area contributed by atoms with Gasteiger partial charge in [0.1, 0.15) is 17.5 Å². The fraction of sp³-hybridized carbons (Fsp3) is 0.400. The van der Waals surface area contributed by atoms with Gasteiger partial charge >= 0.3 is 6.18 Å². The molecule has 0 radical (unpaired) electrons. The van der Waals surface area contributed by atoms with Crippen molar-refractivity contribution < 1.29 is 17.6 Å². The van der Waals surface area contributed by atoms with Gasteiger partial charge in [0.25, 0.3) is 0 Å². The highest BCUT2D eigenvalue weighted by Gasteiger charge is 2.36. The van der Waals surface area contributed by atoms with E-state index >= 15 is 0 Å². The molecule has 0 spiro atoms. The molecule has 190 valence electrons. The van der Waals surface area contributed by atoms with E-state index in [1.165, 1.54) is 24.4 Å². The van der Waals surface area contributed by atoms with Crippen molar-refractivity contribution in [1.82, 2.24) is 15.0 Å². The van der Waals surface area contributed by atoms with E-state index < -0.39 is 17.6 Å². The zero-order valence-electron chi connectivity index (χ0n) is 19.4. The van der Waals surface area contributed by atoms with Gasteiger partial charge in [-0.05, 0) is 43.2 Å². The number of hydrogen-bond acceptors (Lipinski definition) is 6. The number of alkyl halides is 3. The van der Waals surface area contributed by atoms with Crippen molar-refractivity contribution in [2.24, 2.45) is 0 Å². The minimum absolute atomic E-state index is 0.00223. The summed E-state index contributed by atoms with van der Waals surface area (Å²) in [4.78, 5) is 17.1. The number of aromatic nitrogens is 3. The van der Waals surface area contributed by atoms with Gasteiger partial charge in [0, 0.05) is 50.0 Å². The number of rotatable bonds is 5. The van der Waals surface area contributed by atoms with Gasteiger partial charge in [-0.15, -0.1) is 0 Å². The van der Waals surface area contributed by atoms with Gasteiger partial charge in [-0.25, -0.2) is 14.4 Å². The van der Waals surface area contributed by atoms with E-state index in [0.29, 0.717) is 49.2 Å². The summed E-state index contributed by atoms with van der Waals surface area (Å²) in [5, 5.41) is 3.42. The maximum absolute atomic E-state index is 13.7. The summed E-state index contributed by atoms with van der Waals surface area (Å²) in [6.07, 6.45) is 1.27. The van der Waals surface area contributed by atoms with E-state index in [1.807, 2.05) is 4.90 Å². The van der Waals surface area contributed by atoms with Crippen LogP contribution in [-0.4, -0.2) is 47.2 Å². The Labute approximate surface area is 211 Å². The average Bonchev–Trinajstić information content (AvgIpc) is 3.38. The smallest absolute Gasteiger partial charge is 0.353 e. The van der Waals surface area contributed by atoms with Crippen molar-refractivity contribution in [2.75, 3.05) is 41.3 Å². The van der Waals surface area contributed by atoms with Crippen LogP contribution >= 0.6 is 11.6 Å². The molecular formula is C25H25ClF4N6. The number of halogens is 5. The topological polar surface area (TPSA) is 57.2 Å². The Hall–Kier alpha value is -3.14. The van der Waals surface area contributed by atoms with Crippen LogP contribution < -0.4 is 15.1 Å². The second-order valence-corrected chi connectivity index (χ2v) is 9.44. The molecule has 3 heterocycles. The van der Waals surface area contributed by atoms with Gasteiger partial charge in [-0.2, -0.15) is 18.2 Å². The fourth-order valence-electron chi connectivity index (χ4n) is 4.73. The monoisotopic (exact) mass is 520 g/mol. The molecule has 2 aromatic heterocycles. The molecule has 1 aromatic carbocycles. The minimum Gasteiger partial charge on any atom is -0.353 e. The summed E-state index contributed by atoms with van der Waals surface area (Å²) in [7, 11) is 0. The summed E-state index contributed by atoms with van der Waals surface area (Å²) in [6.45, 7) is 1.62. The largest absolute Gasteiger partial charge is 0.419 e. The van der Waals surface area contributed by atoms with E-state index in [2.05, 4.69) is 15.3 Å². The molecule has 0 unspecified atom stereocenters. The van der Waals surface area contributed by atoms with Gasteiger partial charge in [0.2, 0.25) is 5.95 Å². The second-order valence-electron chi connectivity index (χ2n) is 9.04. The Balaban J connectivity index is 1.40. The van der Waals surface area contributed by atoms with Gasteiger partial charge in [-0.3, -0.25) is 0 Å². The van der Waals surface area contributed by atoms with Crippen molar-refractivity contribution in [2.45, 2.75) is 37.9 Å². The van der Waals surface area contributed by atoms with Crippen molar-refractivity contribution in [1.29, 1.82) is 0 Å². The fourth-order valence-corrected chi connectivity index (χ4v) is 4.92. The third-order valence-electron chi connectivity index (χ3n) is 6.61. The molecule has 0 amide bonds. The summed E-state index contributed by atoms with van der Waals surface area (Å²) in [5.41, 5.74) is 0.509. The molecule has 36 heavy (non-hydrogen) atoms. The maximum atomic E-state index is 13.7. The first-order valence-electron chi connectivity index (χ1n) is 11.9. The Morgan fingerprint density at radius 2 is 1.67 bits per heavy atom. The normalized spacial score (nSPS) is 17.0. The summed E-state index contributed by atoms with van der Waals surface area (Å²) < 4.78 is 54.2. The molecule has 1 N–H and O–H groups in total. The number of nitrogens with zero attached hydrogens (tertiary/aromatic N) is 5. The van der Waals surface area contributed by atoms with Crippen LogP contribution in [0.15, 0.2) is 42.6 Å². The Morgan fingerprint density at radius 3 is 2.36 bits per heavy atom. The predicted octanol–water partition coefficient (Wildman–Crippen LogP) is 6.03. The van der Waals surface area contributed by atoms with Crippen molar-refractivity contribution in [3.8, 4) is 11.3 Å². The molecule has 11 heteroatoms. The molecule has 1 aliphatic carbocycles. The molecule has 5 rings (SSSR count). The van der Waals surface area contributed by atoms with Crippen LogP contribution in [0.2, 0.25) is 5.02 Å². The third kappa shape index (κ3) is 5.33. The van der Waals surface area contributed by atoms with E-state index in [0.717, 1.165) is 31.7 Å². The first kappa shape index (κ1) is 24.5. The van der Waals surface area contributed by atoms with Crippen molar-refractivity contribution in [3.63, 3.8) is 0 Å². The molecule has 0 atom stereocenters. The number of nitrogens with one attached hydrogen (secondary N) is 1. The Bertz CT molecular complexity index is 1220. The Kier molecular flexibility index (Phi) is 6.87. The van der Waals surface area contributed by atoms with E-state index in [-0.39, 0.29) is 16.9 Å². The number of benzene rings is 1. The number of anilines is 3. The summed E-state index contributed by atoms with van der Waals surface area (Å²) >= 11 is 6.01. The van der Waals surface area contributed by atoms with Gasteiger partial charge < -0.3 is 15.1 Å². The molecule has 1 saturated carbocycles. The Morgan fingerprint density at radius 1 is 0.944 bits per heavy atom. The molecule has 6 nitrogen and oxygen atoms in total. The maximum Gasteiger partial charge on any atom is 0.419 e. The lowest BCUT2D eigenvalue weighted by molar-refractivity contribution is -0.137. The minimum atomic E-state index is -4.47. The van der Waals surface area contributed by atoms with Crippen LogP contribution in [0, 0.1) is 5.82 Å². The molecule has 2 aliphatic rings. The first-order chi connectivity index (χ1) is 17.3. The van der Waals surface area contributed by atoms with Crippen LogP contribution in [0.4, 0.5) is 35.1 Å². The van der Waals surface area contributed by atoms with Crippen molar-refractivity contribution >= 4 is 29.2 Å². The van der Waals surface area contributed by atoms with Crippen LogP contribution in [0.25, 0.3) is 11.3 Å². The predicted molar refractivity (Wildman–Crippen MR) is 132 cm³/mol. The number of pyridine rings is 1. The second kappa shape index (κ2) is 10.1. The van der Waals surface area contributed by atoms with Gasteiger partial charge in [-0.1, -0.05) is 24.4 Å². The summed E-state index contributed by atoms with van der Waals surface area (Å²) in [6, 6.07) is 8.89. The standard InChI is InChI=1S/C25H25ClF4N6/c26-19-14-16(7-8-20(19)27)21-15-22(34-24(33-21)32-17-4-1-2-5-17)35-10-12-36(13-11-35)23-18(25(28,29)30)6-3-9-31-23/h3,6-9,14-15,17H,1-2,4-5,10-13H2,(H,32,33,34). The lowest BCUT2D eigenvalue weighted by Crippen LogP contribution is -2.47. The molecule has 3 aromatic rings. The average molecular weight is 521 g/mol. The van der Waals surface area contributed by atoms with Crippen LogP contribution in [0.3, 0.4) is 0 Å². The lowest BCUT2D eigenvalue weighted by atomic mass is 10.1. The zero-order chi connectivity index (χ0) is 25.3. The first-order valence-corrected chi connectivity index (χ1v) is 12.3. The van der Waals surface area contributed by atoms with Gasteiger partial charge in [0.05, 0.1) is 16.3 Å². The van der Waals surface area contributed by atoms with Crippen LogP contribution in [-0.2, 0) is 6.18 Å². The molecule has 2 fully saturated rings. The quantitative estimate of drug-likeness (QED) is 0.414. The number of hydrogen-bond donors (Lipinski definition) is 1. The molecular weight excluding hydrogens is 496 g/mol. The third-order valence-corrected chi connectivity index (χ3v) is 6.90. The van der Waals surface area contributed by atoms with Crippen molar-refractivity contribution in [3.05, 3.63) is 59.0 Å². The highest BCUT2D eigenvalue weighted by molar-refractivity contribution is 6.31. The van der Waals surface area contributed by atoms with E-state index in [1.54, 1.807) is 17.0 Å². The van der Waals surface area contributed by atoms with Gasteiger partial charge in [0.15, 0.2) is 0 Å². The molecule has 0 bridgehead atoms. The van der Waals surface area contributed by atoms with E-state index in [9.17, 15) is 17.6 Å². The SMILES string of the molecule is Fc1ccc(-c2cc(N3CCN(c4ncccc4C(F)(F)F)CC3)nc(NC3CCCC3)n2)cc1Cl. The van der Waals surface area contributed by atoms with Crippen LogP contribution in [0.5, 0.6) is 0 Å². The molecule has 1 aliphatic heterocycles. The number of piperazine rings is 1. The highest BCUT2D eigenvalue weighted by Crippen LogP contribution is 2.36. The molecule has 1 saturated heterocycles. The zero-order valence-corrected chi connectivity index (χ0v) is 20.2.